The molecule has 0 aliphatic heterocycles. The van der Waals surface area contributed by atoms with Crippen LogP contribution >= 0.6 is 0 Å². The molecular formula is C17H17NO. The second-order valence-corrected chi connectivity index (χ2v) is 4.96. The summed E-state index contributed by atoms with van der Waals surface area (Å²) in [5, 5.41) is 1.15. The van der Waals surface area contributed by atoms with E-state index in [0.717, 1.165) is 22.3 Å². The molecule has 0 saturated heterocycles. The van der Waals surface area contributed by atoms with E-state index in [2.05, 4.69) is 43.3 Å². The molecule has 0 aliphatic rings. The van der Waals surface area contributed by atoms with Gasteiger partial charge in [0.25, 0.3) is 0 Å². The zero-order chi connectivity index (χ0) is 13.4. The van der Waals surface area contributed by atoms with Crippen molar-refractivity contribution in [1.82, 2.24) is 0 Å². The Morgan fingerprint density at radius 3 is 2.42 bits per heavy atom. The summed E-state index contributed by atoms with van der Waals surface area (Å²) < 4.78 is 5.83. The van der Waals surface area contributed by atoms with Gasteiger partial charge in [-0.05, 0) is 42.7 Å². The fourth-order valence-electron chi connectivity index (χ4n) is 2.48. The van der Waals surface area contributed by atoms with E-state index in [0.29, 0.717) is 0 Å². The van der Waals surface area contributed by atoms with Crippen LogP contribution in [0.15, 0.2) is 52.9 Å². The van der Waals surface area contributed by atoms with Crippen LogP contribution in [0.2, 0.25) is 0 Å². The van der Waals surface area contributed by atoms with Gasteiger partial charge in [-0.15, -0.1) is 0 Å². The van der Waals surface area contributed by atoms with Crippen molar-refractivity contribution in [2.24, 2.45) is 5.73 Å². The van der Waals surface area contributed by atoms with Crippen molar-refractivity contribution in [2.45, 2.75) is 19.9 Å². The monoisotopic (exact) mass is 251 g/mol. The first-order valence-corrected chi connectivity index (χ1v) is 6.51. The van der Waals surface area contributed by atoms with Crippen LogP contribution in [0.5, 0.6) is 0 Å². The lowest BCUT2D eigenvalue weighted by Gasteiger charge is -2.01. The minimum atomic E-state index is -0.0763. The van der Waals surface area contributed by atoms with Crippen LogP contribution in [0.1, 0.15) is 24.3 Å². The van der Waals surface area contributed by atoms with Crippen LogP contribution in [0.4, 0.5) is 0 Å². The fourth-order valence-corrected chi connectivity index (χ4v) is 2.48. The van der Waals surface area contributed by atoms with Crippen LogP contribution < -0.4 is 5.73 Å². The number of aryl methyl sites for hydroxylation is 1. The first kappa shape index (κ1) is 12.0. The van der Waals surface area contributed by atoms with Gasteiger partial charge in [-0.3, -0.25) is 0 Å². The minimum absolute atomic E-state index is 0.0763. The normalized spacial score (nSPS) is 12.8. The lowest BCUT2D eigenvalue weighted by molar-refractivity contribution is 0.509. The van der Waals surface area contributed by atoms with Crippen LogP contribution in [-0.4, -0.2) is 0 Å². The third-order valence-corrected chi connectivity index (χ3v) is 3.49. The summed E-state index contributed by atoms with van der Waals surface area (Å²) in [6, 6.07) is 16.6. The van der Waals surface area contributed by atoms with Crippen molar-refractivity contribution in [3.8, 4) is 11.1 Å². The van der Waals surface area contributed by atoms with Crippen molar-refractivity contribution >= 4 is 11.0 Å². The molecule has 0 aliphatic carbocycles. The van der Waals surface area contributed by atoms with Crippen LogP contribution in [0, 0.1) is 6.92 Å². The van der Waals surface area contributed by atoms with Gasteiger partial charge in [0, 0.05) is 5.39 Å². The number of nitrogens with two attached hydrogens (primary N) is 1. The number of hydrogen-bond acceptors (Lipinski definition) is 2. The molecule has 1 aromatic heterocycles. The molecule has 3 aromatic rings. The molecule has 3 rings (SSSR count). The van der Waals surface area contributed by atoms with Gasteiger partial charge in [0.15, 0.2) is 0 Å². The van der Waals surface area contributed by atoms with Gasteiger partial charge in [0.2, 0.25) is 0 Å². The van der Waals surface area contributed by atoms with E-state index in [4.69, 9.17) is 10.2 Å². The molecule has 2 heteroatoms. The molecule has 0 spiro atoms. The summed E-state index contributed by atoms with van der Waals surface area (Å²) in [5.41, 5.74) is 10.4. The second kappa shape index (κ2) is 4.56. The van der Waals surface area contributed by atoms with Crippen molar-refractivity contribution < 1.29 is 4.42 Å². The molecule has 2 nitrogen and oxygen atoms in total. The quantitative estimate of drug-likeness (QED) is 0.731. The lowest BCUT2D eigenvalue weighted by atomic mass is 10.0. The number of fused-ring (bicyclic) bond motifs is 1. The average Bonchev–Trinajstić information content (AvgIpc) is 2.77. The first-order chi connectivity index (χ1) is 9.16. The van der Waals surface area contributed by atoms with Crippen LogP contribution in [0.25, 0.3) is 22.1 Å². The molecule has 0 fully saturated rings. The third-order valence-electron chi connectivity index (χ3n) is 3.49. The summed E-state index contributed by atoms with van der Waals surface area (Å²) in [7, 11) is 0. The van der Waals surface area contributed by atoms with E-state index >= 15 is 0 Å². The Labute approximate surface area is 112 Å². The van der Waals surface area contributed by atoms with Gasteiger partial charge in [0.1, 0.15) is 11.3 Å². The highest BCUT2D eigenvalue weighted by Gasteiger charge is 2.14. The van der Waals surface area contributed by atoms with E-state index in [9.17, 15) is 0 Å². The number of rotatable bonds is 2. The van der Waals surface area contributed by atoms with E-state index in [1.807, 2.05) is 19.1 Å². The zero-order valence-corrected chi connectivity index (χ0v) is 11.2. The standard InChI is InChI=1S/C17H17NO/c1-11-15-10-14(13-6-4-3-5-7-13)8-9-16(15)19-17(11)12(2)18/h3-10,12H,18H2,1-2H3. The molecule has 0 bridgehead atoms. The maximum atomic E-state index is 5.93. The number of furan rings is 1. The Balaban J connectivity index is 2.18. The Bertz CT molecular complexity index is 711. The largest absolute Gasteiger partial charge is 0.459 e. The van der Waals surface area contributed by atoms with Gasteiger partial charge in [-0.1, -0.05) is 36.4 Å². The van der Waals surface area contributed by atoms with Crippen molar-refractivity contribution in [2.75, 3.05) is 0 Å². The van der Waals surface area contributed by atoms with E-state index in [1.54, 1.807) is 0 Å². The van der Waals surface area contributed by atoms with E-state index in [1.165, 1.54) is 11.1 Å². The van der Waals surface area contributed by atoms with Gasteiger partial charge in [-0.25, -0.2) is 0 Å². The van der Waals surface area contributed by atoms with Crippen LogP contribution in [0.3, 0.4) is 0 Å². The molecule has 2 aromatic carbocycles. The van der Waals surface area contributed by atoms with Gasteiger partial charge < -0.3 is 10.2 Å². The summed E-state index contributed by atoms with van der Waals surface area (Å²) in [6.07, 6.45) is 0. The third kappa shape index (κ3) is 2.04. The molecule has 0 radical (unpaired) electrons. The summed E-state index contributed by atoms with van der Waals surface area (Å²) in [4.78, 5) is 0. The van der Waals surface area contributed by atoms with Gasteiger partial charge in [-0.2, -0.15) is 0 Å². The molecule has 96 valence electrons. The molecule has 0 amide bonds. The Hall–Kier alpha value is -2.06. The molecule has 1 atom stereocenters. The SMILES string of the molecule is Cc1c(C(C)N)oc2ccc(-c3ccccc3)cc12. The summed E-state index contributed by atoms with van der Waals surface area (Å²) in [5.74, 6) is 0.875. The lowest BCUT2D eigenvalue weighted by Crippen LogP contribution is -2.04. The topological polar surface area (TPSA) is 39.2 Å². The van der Waals surface area contributed by atoms with Gasteiger partial charge in [0.05, 0.1) is 6.04 Å². The minimum Gasteiger partial charge on any atom is -0.459 e. The average molecular weight is 251 g/mol. The predicted octanol–water partition coefficient (Wildman–Crippen LogP) is 4.43. The molecular weight excluding hydrogens is 234 g/mol. The maximum Gasteiger partial charge on any atom is 0.134 e. The molecule has 0 saturated carbocycles. The summed E-state index contributed by atoms with van der Waals surface area (Å²) >= 11 is 0. The van der Waals surface area contributed by atoms with Crippen LogP contribution in [-0.2, 0) is 0 Å². The van der Waals surface area contributed by atoms with E-state index in [-0.39, 0.29) is 6.04 Å². The smallest absolute Gasteiger partial charge is 0.134 e. The summed E-state index contributed by atoms with van der Waals surface area (Å²) in [6.45, 7) is 4.02. The molecule has 2 N–H and O–H groups in total. The highest BCUT2D eigenvalue weighted by molar-refractivity contribution is 5.87. The zero-order valence-electron chi connectivity index (χ0n) is 11.2. The highest BCUT2D eigenvalue weighted by Crippen LogP contribution is 2.32. The highest BCUT2D eigenvalue weighted by atomic mass is 16.3. The Morgan fingerprint density at radius 2 is 1.74 bits per heavy atom. The number of hydrogen-bond donors (Lipinski definition) is 1. The predicted molar refractivity (Wildman–Crippen MR) is 79.0 cm³/mol. The second-order valence-electron chi connectivity index (χ2n) is 4.96. The van der Waals surface area contributed by atoms with Crippen molar-refractivity contribution in [3.63, 3.8) is 0 Å². The molecule has 1 unspecified atom stereocenters. The molecule has 19 heavy (non-hydrogen) atoms. The van der Waals surface area contributed by atoms with Crippen molar-refractivity contribution in [3.05, 3.63) is 59.9 Å². The number of benzene rings is 2. The Kier molecular flexibility index (Phi) is 2.88. The van der Waals surface area contributed by atoms with Crippen molar-refractivity contribution in [1.29, 1.82) is 0 Å². The molecule has 1 heterocycles. The fraction of sp³-hybridized carbons (Fsp3) is 0.176. The first-order valence-electron chi connectivity index (χ1n) is 6.51. The van der Waals surface area contributed by atoms with Gasteiger partial charge >= 0.3 is 0 Å². The van der Waals surface area contributed by atoms with E-state index < -0.39 is 0 Å². The maximum absolute atomic E-state index is 5.93. The Morgan fingerprint density at radius 1 is 1.00 bits per heavy atom.